The Morgan fingerprint density at radius 3 is 2.93 bits per heavy atom. The van der Waals surface area contributed by atoms with Crippen LogP contribution in [0.4, 0.5) is 0 Å². The third-order valence-corrected chi connectivity index (χ3v) is 1.55. The second-order valence-electron chi connectivity index (χ2n) is 2.80. The summed E-state index contributed by atoms with van der Waals surface area (Å²) in [6, 6.07) is -0.741. The standard InChI is InChI=1S/C8H13N3O3/c1-3-13-8(12)6(9)4-7-10-5(2)11-14-7/h6H,3-4,9H2,1-2H3. The largest absolute Gasteiger partial charge is 0.465 e. The molecule has 14 heavy (non-hydrogen) atoms. The van der Waals surface area contributed by atoms with Crippen LogP contribution < -0.4 is 5.73 Å². The normalized spacial score (nSPS) is 12.5. The van der Waals surface area contributed by atoms with Gasteiger partial charge in [-0.05, 0) is 13.8 Å². The topological polar surface area (TPSA) is 91.2 Å². The minimum absolute atomic E-state index is 0.208. The minimum Gasteiger partial charge on any atom is -0.465 e. The Labute approximate surface area is 81.4 Å². The summed E-state index contributed by atoms with van der Waals surface area (Å²) in [6.07, 6.45) is 0.208. The van der Waals surface area contributed by atoms with Crippen LogP contribution in [-0.2, 0) is 16.0 Å². The molecule has 0 fully saturated rings. The van der Waals surface area contributed by atoms with E-state index in [1.54, 1.807) is 13.8 Å². The first-order chi connectivity index (χ1) is 6.63. The van der Waals surface area contributed by atoms with E-state index < -0.39 is 12.0 Å². The fourth-order valence-corrected chi connectivity index (χ4v) is 0.944. The molecule has 1 atom stereocenters. The first-order valence-electron chi connectivity index (χ1n) is 4.35. The van der Waals surface area contributed by atoms with E-state index in [0.717, 1.165) is 0 Å². The maximum Gasteiger partial charge on any atom is 0.323 e. The molecule has 2 N–H and O–H groups in total. The molecule has 0 radical (unpaired) electrons. The van der Waals surface area contributed by atoms with Crippen molar-refractivity contribution in [2.75, 3.05) is 6.61 Å². The highest BCUT2D eigenvalue weighted by atomic mass is 16.5. The van der Waals surface area contributed by atoms with Crippen LogP contribution in [0.3, 0.4) is 0 Å². The van der Waals surface area contributed by atoms with Crippen LogP contribution in [0, 0.1) is 6.92 Å². The Bertz CT molecular complexity index is 311. The van der Waals surface area contributed by atoms with Crippen molar-refractivity contribution in [2.45, 2.75) is 26.3 Å². The summed E-state index contributed by atoms with van der Waals surface area (Å²) in [4.78, 5) is 15.0. The van der Waals surface area contributed by atoms with Gasteiger partial charge in [-0.1, -0.05) is 5.16 Å². The molecule has 78 valence electrons. The highest BCUT2D eigenvalue weighted by Crippen LogP contribution is 2.00. The number of esters is 1. The summed E-state index contributed by atoms with van der Waals surface area (Å²) < 4.78 is 9.54. The molecule has 0 bridgehead atoms. The molecular formula is C8H13N3O3. The van der Waals surface area contributed by atoms with E-state index in [0.29, 0.717) is 18.3 Å². The molecule has 6 nitrogen and oxygen atoms in total. The SMILES string of the molecule is CCOC(=O)C(N)Cc1nc(C)no1. The first kappa shape index (κ1) is 10.6. The van der Waals surface area contributed by atoms with E-state index in [-0.39, 0.29) is 6.42 Å². The average molecular weight is 199 g/mol. The maximum absolute atomic E-state index is 11.1. The number of rotatable bonds is 4. The number of aryl methyl sites for hydroxylation is 1. The van der Waals surface area contributed by atoms with Gasteiger partial charge in [0.25, 0.3) is 0 Å². The van der Waals surface area contributed by atoms with Gasteiger partial charge in [0, 0.05) is 0 Å². The van der Waals surface area contributed by atoms with Gasteiger partial charge in [0.15, 0.2) is 5.82 Å². The molecule has 0 aliphatic heterocycles. The second-order valence-corrected chi connectivity index (χ2v) is 2.80. The van der Waals surface area contributed by atoms with Crippen molar-refractivity contribution in [1.29, 1.82) is 0 Å². The summed E-state index contributed by atoms with van der Waals surface area (Å²) in [6.45, 7) is 3.74. The molecule has 1 aromatic heterocycles. The lowest BCUT2D eigenvalue weighted by Crippen LogP contribution is -2.34. The number of nitrogens with zero attached hydrogens (tertiary/aromatic N) is 2. The molecule has 6 heteroatoms. The van der Waals surface area contributed by atoms with Crippen molar-refractivity contribution in [3.63, 3.8) is 0 Å². The fraction of sp³-hybridized carbons (Fsp3) is 0.625. The zero-order chi connectivity index (χ0) is 10.6. The number of hydrogen-bond acceptors (Lipinski definition) is 6. The minimum atomic E-state index is -0.741. The highest BCUT2D eigenvalue weighted by Gasteiger charge is 2.18. The molecule has 1 rings (SSSR count). The Hall–Kier alpha value is -1.43. The zero-order valence-corrected chi connectivity index (χ0v) is 8.19. The van der Waals surface area contributed by atoms with Gasteiger partial charge in [-0.3, -0.25) is 4.79 Å². The Morgan fingerprint density at radius 1 is 1.71 bits per heavy atom. The van der Waals surface area contributed by atoms with Crippen molar-refractivity contribution in [2.24, 2.45) is 5.73 Å². The van der Waals surface area contributed by atoms with Crippen molar-refractivity contribution in [3.8, 4) is 0 Å². The van der Waals surface area contributed by atoms with Crippen LogP contribution in [0.2, 0.25) is 0 Å². The average Bonchev–Trinajstić information content (AvgIpc) is 2.51. The Morgan fingerprint density at radius 2 is 2.43 bits per heavy atom. The lowest BCUT2D eigenvalue weighted by Gasteiger charge is -2.06. The maximum atomic E-state index is 11.1. The predicted octanol–water partition coefficient (Wildman–Crippen LogP) is -0.189. The van der Waals surface area contributed by atoms with E-state index in [2.05, 4.69) is 10.1 Å². The Kier molecular flexibility index (Phi) is 3.58. The lowest BCUT2D eigenvalue weighted by atomic mass is 10.2. The molecule has 0 aromatic carbocycles. The number of aromatic nitrogens is 2. The molecule has 1 aromatic rings. The molecule has 1 heterocycles. The monoisotopic (exact) mass is 199 g/mol. The third kappa shape index (κ3) is 2.81. The predicted molar refractivity (Wildman–Crippen MR) is 47.3 cm³/mol. The Balaban J connectivity index is 2.48. The number of hydrogen-bond donors (Lipinski definition) is 1. The van der Waals surface area contributed by atoms with Crippen LogP contribution in [0.15, 0.2) is 4.52 Å². The molecule has 0 amide bonds. The first-order valence-corrected chi connectivity index (χ1v) is 4.35. The number of carbonyl (C=O) groups is 1. The van der Waals surface area contributed by atoms with Crippen molar-refractivity contribution in [1.82, 2.24) is 10.1 Å². The summed E-state index contributed by atoms with van der Waals surface area (Å²) >= 11 is 0. The van der Waals surface area contributed by atoms with Gasteiger partial charge in [-0.2, -0.15) is 4.98 Å². The van der Waals surface area contributed by atoms with Crippen LogP contribution in [0.25, 0.3) is 0 Å². The lowest BCUT2D eigenvalue weighted by molar-refractivity contribution is -0.144. The number of nitrogens with two attached hydrogens (primary N) is 1. The van der Waals surface area contributed by atoms with Crippen molar-refractivity contribution >= 4 is 5.97 Å². The second kappa shape index (κ2) is 4.71. The van der Waals surface area contributed by atoms with Gasteiger partial charge in [-0.15, -0.1) is 0 Å². The highest BCUT2D eigenvalue weighted by molar-refractivity contribution is 5.75. The van der Waals surface area contributed by atoms with E-state index in [9.17, 15) is 4.79 Å². The van der Waals surface area contributed by atoms with Crippen LogP contribution in [-0.4, -0.2) is 28.8 Å². The van der Waals surface area contributed by atoms with Crippen LogP contribution in [0.5, 0.6) is 0 Å². The van der Waals surface area contributed by atoms with Gasteiger partial charge >= 0.3 is 5.97 Å². The number of ether oxygens (including phenoxy) is 1. The van der Waals surface area contributed by atoms with E-state index in [4.69, 9.17) is 15.0 Å². The summed E-state index contributed by atoms with van der Waals surface area (Å²) in [5, 5.41) is 3.58. The van der Waals surface area contributed by atoms with Gasteiger partial charge in [0.2, 0.25) is 5.89 Å². The molecule has 1 unspecified atom stereocenters. The van der Waals surface area contributed by atoms with E-state index in [1.165, 1.54) is 0 Å². The number of carbonyl (C=O) groups excluding carboxylic acids is 1. The van der Waals surface area contributed by atoms with Crippen molar-refractivity contribution < 1.29 is 14.1 Å². The van der Waals surface area contributed by atoms with Gasteiger partial charge in [-0.25, -0.2) is 0 Å². The molecular weight excluding hydrogens is 186 g/mol. The summed E-state index contributed by atoms with van der Waals surface area (Å²) in [5.41, 5.74) is 5.54. The quantitative estimate of drug-likeness (QED) is 0.676. The van der Waals surface area contributed by atoms with E-state index >= 15 is 0 Å². The summed E-state index contributed by atoms with van der Waals surface area (Å²) in [7, 11) is 0. The van der Waals surface area contributed by atoms with Crippen LogP contribution >= 0.6 is 0 Å². The van der Waals surface area contributed by atoms with Gasteiger partial charge in [0.1, 0.15) is 6.04 Å². The third-order valence-electron chi connectivity index (χ3n) is 1.55. The fourth-order valence-electron chi connectivity index (χ4n) is 0.944. The smallest absolute Gasteiger partial charge is 0.323 e. The van der Waals surface area contributed by atoms with Gasteiger partial charge in [0.05, 0.1) is 13.0 Å². The zero-order valence-electron chi connectivity index (χ0n) is 8.19. The summed E-state index contributed by atoms with van der Waals surface area (Å²) in [5.74, 6) is 0.419. The van der Waals surface area contributed by atoms with Crippen LogP contribution in [0.1, 0.15) is 18.6 Å². The molecule has 0 aliphatic rings. The van der Waals surface area contributed by atoms with Crippen molar-refractivity contribution in [3.05, 3.63) is 11.7 Å². The van der Waals surface area contributed by atoms with E-state index in [1.807, 2.05) is 0 Å². The molecule has 0 spiro atoms. The molecule has 0 saturated carbocycles. The van der Waals surface area contributed by atoms with Gasteiger partial charge < -0.3 is 15.0 Å². The molecule has 0 aliphatic carbocycles. The molecule has 0 saturated heterocycles.